The number of hydrogen-bond acceptors (Lipinski definition) is 4. The normalized spacial score (nSPS) is 9.52. The van der Waals surface area contributed by atoms with Gasteiger partial charge in [-0.2, -0.15) is 0 Å². The average molecular weight is 308 g/mol. The number of rotatable bonds is 12. The van der Waals surface area contributed by atoms with Gasteiger partial charge in [0.1, 0.15) is 0 Å². The summed E-state index contributed by atoms with van der Waals surface area (Å²) in [6.07, 6.45) is 9.15. The minimum atomic E-state index is -0.730. The Labute approximate surface area is 149 Å². The maximum Gasteiger partial charge on any atom is 1.00 e. The SMILES string of the molecule is C=CC(=O)OC(=O)CCCCCCCCCCC(=O)O.[H-].[Na+]. The van der Waals surface area contributed by atoms with Crippen molar-refractivity contribution in [2.24, 2.45) is 0 Å². The van der Waals surface area contributed by atoms with Crippen molar-refractivity contribution in [2.75, 3.05) is 0 Å². The third-order valence-corrected chi connectivity index (χ3v) is 2.90. The van der Waals surface area contributed by atoms with Gasteiger partial charge in [0.2, 0.25) is 0 Å². The molecule has 0 saturated carbocycles. The van der Waals surface area contributed by atoms with Crippen molar-refractivity contribution in [1.29, 1.82) is 0 Å². The molecule has 0 rings (SSSR count). The fourth-order valence-electron chi connectivity index (χ4n) is 1.81. The van der Waals surface area contributed by atoms with Gasteiger partial charge in [0, 0.05) is 18.9 Å². The summed E-state index contributed by atoms with van der Waals surface area (Å²) in [5.74, 6) is -1.92. The zero-order valence-corrected chi connectivity index (χ0v) is 14.9. The van der Waals surface area contributed by atoms with E-state index in [0.717, 1.165) is 57.4 Å². The standard InChI is InChI=1S/C15H24O5.Na.H/c1-2-14(18)20-15(19)12-10-8-6-4-3-5-7-9-11-13(16)17;;/h2H,1,3-12H2,(H,16,17);;/q;+1;-1. The van der Waals surface area contributed by atoms with Crippen LogP contribution in [0.4, 0.5) is 0 Å². The monoisotopic (exact) mass is 308 g/mol. The van der Waals surface area contributed by atoms with E-state index in [9.17, 15) is 14.4 Å². The predicted octanol–water partition coefficient (Wildman–Crippen LogP) is 0.344. The second-order valence-corrected chi connectivity index (χ2v) is 4.72. The first kappa shape index (κ1) is 22.6. The van der Waals surface area contributed by atoms with Crippen molar-refractivity contribution in [3.63, 3.8) is 0 Å². The summed E-state index contributed by atoms with van der Waals surface area (Å²) in [4.78, 5) is 32.1. The van der Waals surface area contributed by atoms with E-state index in [-0.39, 0.29) is 43.8 Å². The van der Waals surface area contributed by atoms with E-state index in [1.165, 1.54) is 0 Å². The molecule has 0 aromatic heterocycles. The van der Waals surface area contributed by atoms with E-state index < -0.39 is 17.9 Å². The van der Waals surface area contributed by atoms with Crippen molar-refractivity contribution < 1.29 is 55.2 Å². The van der Waals surface area contributed by atoms with Crippen LogP contribution in [0.5, 0.6) is 0 Å². The van der Waals surface area contributed by atoms with Gasteiger partial charge in [0.05, 0.1) is 0 Å². The van der Waals surface area contributed by atoms with Crippen LogP contribution in [0.1, 0.15) is 65.6 Å². The fraction of sp³-hybridized carbons (Fsp3) is 0.667. The van der Waals surface area contributed by atoms with Crippen molar-refractivity contribution >= 4 is 17.9 Å². The van der Waals surface area contributed by atoms with Gasteiger partial charge in [0.15, 0.2) is 0 Å². The number of hydrogen-bond donors (Lipinski definition) is 1. The van der Waals surface area contributed by atoms with E-state index in [1.54, 1.807) is 0 Å². The Kier molecular flexibility index (Phi) is 17.0. The molecule has 5 nitrogen and oxygen atoms in total. The largest absolute Gasteiger partial charge is 1.00 e. The summed E-state index contributed by atoms with van der Waals surface area (Å²) in [5, 5.41) is 8.46. The second kappa shape index (κ2) is 15.7. The third kappa shape index (κ3) is 17.3. The Hall–Kier alpha value is -0.650. The first-order valence-electron chi connectivity index (χ1n) is 7.15. The van der Waals surface area contributed by atoms with E-state index in [2.05, 4.69) is 11.3 Å². The molecular weight excluding hydrogens is 283 g/mol. The summed E-state index contributed by atoms with van der Waals surface area (Å²) in [6, 6.07) is 0. The van der Waals surface area contributed by atoms with E-state index >= 15 is 0 Å². The summed E-state index contributed by atoms with van der Waals surface area (Å²) in [6.45, 7) is 3.22. The minimum absolute atomic E-state index is 0. The Morgan fingerprint density at radius 3 is 1.76 bits per heavy atom. The van der Waals surface area contributed by atoms with Crippen molar-refractivity contribution in [2.45, 2.75) is 64.2 Å². The van der Waals surface area contributed by atoms with Crippen LogP contribution in [-0.4, -0.2) is 23.0 Å². The third-order valence-electron chi connectivity index (χ3n) is 2.90. The van der Waals surface area contributed by atoms with Crippen molar-refractivity contribution in [3.8, 4) is 0 Å². The zero-order chi connectivity index (χ0) is 15.2. The average Bonchev–Trinajstić information content (AvgIpc) is 2.40. The molecule has 0 fully saturated rings. The molecule has 0 bridgehead atoms. The van der Waals surface area contributed by atoms with Gasteiger partial charge in [0.25, 0.3) is 0 Å². The molecule has 6 heteroatoms. The fourth-order valence-corrected chi connectivity index (χ4v) is 1.81. The van der Waals surface area contributed by atoms with Crippen LogP contribution in [0.15, 0.2) is 12.7 Å². The minimum Gasteiger partial charge on any atom is -1.00 e. The smallest absolute Gasteiger partial charge is 1.00 e. The van der Waals surface area contributed by atoms with Crippen LogP contribution in [-0.2, 0) is 19.1 Å². The van der Waals surface area contributed by atoms with Gasteiger partial charge in [-0.3, -0.25) is 9.59 Å². The summed E-state index contributed by atoms with van der Waals surface area (Å²) in [7, 11) is 0. The van der Waals surface area contributed by atoms with Gasteiger partial charge in [-0.1, -0.05) is 45.1 Å². The molecule has 0 aromatic rings. The summed E-state index contributed by atoms with van der Waals surface area (Å²) < 4.78 is 4.45. The van der Waals surface area contributed by atoms with E-state index in [4.69, 9.17) is 5.11 Å². The zero-order valence-electron chi connectivity index (χ0n) is 13.9. The molecule has 0 amide bonds. The van der Waals surface area contributed by atoms with Crippen LogP contribution in [0, 0.1) is 0 Å². The van der Waals surface area contributed by atoms with Crippen molar-refractivity contribution in [3.05, 3.63) is 12.7 Å². The van der Waals surface area contributed by atoms with Crippen LogP contribution in [0.3, 0.4) is 0 Å². The molecule has 21 heavy (non-hydrogen) atoms. The number of carboxylic acid groups (broad SMARTS) is 1. The topological polar surface area (TPSA) is 80.7 Å². The van der Waals surface area contributed by atoms with Gasteiger partial charge in [-0.25, -0.2) is 4.79 Å². The number of carbonyl (C=O) groups is 3. The first-order valence-corrected chi connectivity index (χ1v) is 7.15. The molecule has 0 aliphatic heterocycles. The van der Waals surface area contributed by atoms with Crippen LogP contribution in [0.25, 0.3) is 0 Å². The number of carbonyl (C=O) groups excluding carboxylic acids is 2. The first-order chi connectivity index (χ1) is 9.56. The molecule has 0 aliphatic rings. The molecule has 0 aliphatic carbocycles. The van der Waals surface area contributed by atoms with Crippen LogP contribution in [0.2, 0.25) is 0 Å². The second-order valence-electron chi connectivity index (χ2n) is 4.72. The van der Waals surface area contributed by atoms with Crippen molar-refractivity contribution in [1.82, 2.24) is 0 Å². The van der Waals surface area contributed by atoms with Crippen LogP contribution >= 0.6 is 0 Å². The quantitative estimate of drug-likeness (QED) is 0.185. The maximum atomic E-state index is 11.1. The molecule has 0 atom stereocenters. The molecule has 0 saturated heterocycles. The number of ether oxygens (including phenoxy) is 1. The van der Waals surface area contributed by atoms with Gasteiger partial charge >= 0.3 is 47.5 Å². The number of aliphatic carboxylic acids is 1. The van der Waals surface area contributed by atoms with Crippen LogP contribution < -0.4 is 29.6 Å². The summed E-state index contributed by atoms with van der Waals surface area (Å²) >= 11 is 0. The Balaban J connectivity index is -0.00000180. The Bertz CT molecular complexity index is 334. The molecule has 0 unspecified atom stereocenters. The predicted molar refractivity (Wildman–Crippen MR) is 76.2 cm³/mol. The Morgan fingerprint density at radius 2 is 1.33 bits per heavy atom. The molecule has 0 aromatic carbocycles. The summed E-state index contributed by atoms with van der Waals surface area (Å²) in [5.41, 5.74) is 0. The van der Waals surface area contributed by atoms with Gasteiger partial charge in [-0.05, 0) is 12.8 Å². The molecule has 0 radical (unpaired) electrons. The van der Waals surface area contributed by atoms with Gasteiger partial charge < -0.3 is 11.3 Å². The number of esters is 2. The molecule has 0 spiro atoms. The van der Waals surface area contributed by atoms with Gasteiger partial charge in [-0.15, -0.1) is 0 Å². The number of unbranched alkanes of at least 4 members (excludes halogenated alkanes) is 7. The maximum absolute atomic E-state index is 11.1. The molecular formula is C15H25NaO5. The van der Waals surface area contributed by atoms with E-state index in [1.807, 2.05) is 0 Å². The molecule has 1 N–H and O–H groups in total. The Morgan fingerprint density at radius 1 is 0.905 bits per heavy atom. The van der Waals surface area contributed by atoms with E-state index in [0.29, 0.717) is 0 Å². The number of carboxylic acids is 1. The molecule has 116 valence electrons. The molecule has 0 heterocycles.